The van der Waals surface area contributed by atoms with Crippen LogP contribution in [0.4, 0.5) is 0 Å². The van der Waals surface area contributed by atoms with Crippen LogP contribution in [0.3, 0.4) is 0 Å². The minimum absolute atomic E-state index is 0.113. The van der Waals surface area contributed by atoms with Crippen LogP contribution < -0.4 is 0 Å². The third-order valence-electron chi connectivity index (χ3n) is 10.8. The average Bonchev–Trinajstić information content (AvgIpc) is 3.08. The maximum atomic E-state index is 11.1. The van der Waals surface area contributed by atoms with Crippen LogP contribution in [0, 0.1) is 46.3 Å². The van der Waals surface area contributed by atoms with Gasteiger partial charge in [0.05, 0.1) is 12.2 Å². The Bertz CT molecular complexity index is 851. The summed E-state index contributed by atoms with van der Waals surface area (Å²) in [4.78, 5) is 0. The number of allylic oxidation sites excluding steroid dienone is 1. The first-order valence-corrected chi connectivity index (χ1v) is 14.7. The van der Waals surface area contributed by atoms with Crippen LogP contribution >= 0.6 is 0 Å². The molecule has 9 atom stereocenters. The lowest BCUT2D eigenvalue weighted by molar-refractivity contribution is -0.0567. The lowest BCUT2D eigenvalue weighted by atomic mass is 9.47. The Labute approximate surface area is 201 Å². The molecule has 0 aromatic rings. The van der Waals surface area contributed by atoms with Gasteiger partial charge in [-0.2, -0.15) is 0 Å². The predicted molar refractivity (Wildman–Crippen MR) is 129 cm³/mol. The molecule has 190 valence electrons. The number of aliphatic hydroxyl groups is 1. The minimum atomic E-state index is -4.65. The van der Waals surface area contributed by atoms with Gasteiger partial charge in [-0.15, -0.1) is 0 Å². The summed E-state index contributed by atoms with van der Waals surface area (Å²) in [5, 5.41) is 10.3. The molecule has 4 aliphatic carbocycles. The van der Waals surface area contributed by atoms with E-state index in [1.165, 1.54) is 31.3 Å². The van der Waals surface area contributed by atoms with Gasteiger partial charge in [0, 0.05) is 0 Å². The Morgan fingerprint density at radius 3 is 2.48 bits per heavy atom. The average molecular weight is 482 g/mol. The van der Waals surface area contributed by atoms with E-state index in [0.29, 0.717) is 41.9 Å². The summed E-state index contributed by atoms with van der Waals surface area (Å²) >= 11 is 0. The summed E-state index contributed by atoms with van der Waals surface area (Å²) in [7, 11) is -4.65. The van der Waals surface area contributed by atoms with Crippen molar-refractivity contribution in [3.8, 4) is 0 Å². The van der Waals surface area contributed by atoms with E-state index in [0.717, 1.165) is 37.5 Å². The van der Waals surface area contributed by atoms with Gasteiger partial charge in [-0.05, 0) is 111 Å². The van der Waals surface area contributed by atoms with Crippen molar-refractivity contribution in [2.45, 2.75) is 111 Å². The maximum absolute atomic E-state index is 11.1. The normalized spacial score (nSPS) is 42.8. The smallest absolute Gasteiger partial charge is 0.217 e. The Balaban J connectivity index is 1.47. The van der Waals surface area contributed by atoms with Crippen molar-refractivity contribution in [2.75, 3.05) is 0 Å². The molecule has 0 amide bonds. The second-order valence-corrected chi connectivity index (χ2v) is 13.7. The van der Waals surface area contributed by atoms with E-state index in [-0.39, 0.29) is 11.5 Å². The lowest BCUT2D eigenvalue weighted by Crippen LogP contribution is -2.51. The fraction of sp³-hybridized carbons (Fsp3) is 0.926. The zero-order valence-electron chi connectivity index (χ0n) is 21.3. The van der Waals surface area contributed by atoms with Gasteiger partial charge in [-0.3, -0.25) is 4.18 Å². The van der Waals surface area contributed by atoms with E-state index in [1.807, 2.05) is 0 Å². The molecule has 0 aliphatic heterocycles. The summed E-state index contributed by atoms with van der Waals surface area (Å²) < 4.78 is 38.2. The van der Waals surface area contributed by atoms with Crippen molar-refractivity contribution in [3.05, 3.63) is 11.6 Å². The summed E-state index contributed by atoms with van der Waals surface area (Å²) in [5.41, 5.74) is 1.84. The van der Waals surface area contributed by atoms with E-state index in [4.69, 9.17) is 4.18 Å². The fourth-order valence-corrected chi connectivity index (χ4v) is 9.32. The zero-order valence-corrected chi connectivity index (χ0v) is 22.1. The molecular weight excluding hydrogens is 436 g/mol. The molecule has 0 unspecified atom stereocenters. The molecule has 0 spiro atoms. The first-order chi connectivity index (χ1) is 15.3. The van der Waals surface area contributed by atoms with Gasteiger partial charge in [0.2, 0.25) is 10.4 Å². The predicted octanol–water partition coefficient (Wildman–Crippen LogP) is 5.84. The Morgan fingerprint density at radius 2 is 1.82 bits per heavy atom. The molecule has 0 saturated heterocycles. The molecule has 0 bridgehead atoms. The third-order valence-corrected chi connectivity index (χ3v) is 11.3. The summed E-state index contributed by atoms with van der Waals surface area (Å²) in [6, 6.07) is 0. The number of fused-ring (bicyclic) bond motifs is 5. The van der Waals surface area contributed by atoms with Crippen molar-refractivity contribution in [1.82, 2.24) is 0 Å². The number of hydrogen-bond donors (Lipinski definition) is 1. The first-order valence-electron chi connectivity index (χ1n) is 13.4. The molecule has 3 fully saturated rings. The van der Waals surface area contributed by atoms with E-state index in [2.05, 4.69) is 40.7 Å². The van der Waals surface area contributed by atoms with Gasteiger partial charge in [0.25, 0.3) is 0 Å². The van der Waals surface area contributed by atoms with Crippen molar-refractivity contribution in [2.24, 2.45) is 46.3 Å². The molecule has 0 aromatic heterocycles. The van der Waals surface area contributed by atoms with Gasteiger partial charge >= 0.3 is 0 Å². The molecule has 6 heteroatoms. The second-order valence-electron chi connectivity index (χ2n) is 12.7. The summed E-state index contributed by atoms with van der Waals surface area (Å²) in [5.74, 6) is 3.83. The van der Waals surface area contributed by atoms with Crippen LogP contribution in [0.5, 0.6) is 0 Å². The highest BCUT2D eigenvalue weighted by Crippen LogP contribution is 2.67. The molecule has 0 radical (unpaired) electrons. The van der Waals surface area contributed by atoms with Gasteiger partial charge in [0.1, 0.15) is 0 Å². The van der Waals surface area contributed by atoms with Crippen LogP contribution in [0.2, 0.25) is 0 Å². The van der Waals surface area contributed by atoms with Crippen molar-refractivity contribution >= 4 is 10.4 Å². The molecule has 3 saturated carbocycles. The van der Waals surface area contributed by atoms with Gasteiger partial charge in [-0.25, -0.2) is 8.42 Å². The summed E-state index contributed by atoms with van der Waals surface area (Å²) in [6.07, 6.45) is 12.1. The quantitative estimate of drug-likeness (QED) is 0.280. The molecule has 5 nitrogen and oxygen atoms in total. The van der Waals surface area contributed by atoms with Crippen LogP contribution in [-0.2, 0) is 14.6 Å². The van der Waals surface area contributed by atoms with E-state index in [9.17, 15) is 18.1 Å². The van der Waals surface area contributed by atoms with Crippen LogP contribution in [0.1, 0.15) is 98.8 Å². The molecule has 4 aliphatic rings. The van der Waals surface area contributed by atoms with Gasteiger partial charge < -0.3 is 9.66 Å². The second kappa shape index (κ2) is 9.22. The zero-order chi connectivity index (χ0) is 24.2. The molecule has 4 rings (SSSR count). The van der Waals surface area contributed by atoms with E-state index >= 15 is 0 Å². The van der Waals surface area contributed by atoms with Crippen molar-refractivity contribution in [3.63, 3.8) is 0 Å². The van der Waals surface area contributed by atoms with Gasteiger partial charge in [-0.1, -0.05) is 46.3 Å². The van der Waals surface area contributed by atoms with Crippen LogP contribution in [0.25, 0.3) is 0 Å². The van der Waals surface area contributed by atoms with Crippen molar-refractivity contribution in [1.29, 1.82) is 0 Å². The minimum Gasteiger partial charge on any atom is -0.726 e. The monoisotopic (exact) mass is 481 g/mol. The SMILES string of the molecule is CC(C)[C@@H](O)CC[C@@H](C)[C@H]1CC[C@H]2[C@@H]3CC=C4C[C@@H](OS(=O)(=O)[O-])CC[C@]4(C)[C@H]3CC[C@]12C. The Kier molecular flexibility index (Phi) is 7.17. The Hall–Kier alpha value is -0.430. The standard InChI is InChI=1S/C27H46O5S/c1-17(2)25(28)11-6-18(3)22-9-10-23-21-8-7-19-16-20(32-33(29,30)31)12-14-26(19,4)24(21)13-15-27(22,23)5/h7,17-18,20-25,28H,6,8-16H2,1-5H3,(H,29,30,31)/p-1/t18-,20+,21+,22-,23+,24+,25+,26+,27-/m1/s1. The maximum Gasteiger partial charge on any atom is 0.217 e. The number of hydrogen-bond acceptors (Lipinski definition) is 5. The molecule has 0 heterocycles. The molecule has 33 heavy (non-hydrogen) atoms. The highest BCUT2D eigenvalue weighted by Gasteiger charge is 2.59. The van der Waals surface area contributed by atoms with Crippen LogP contribution in [0.15, 0.2) is 11.6 Å². The first kappa shape index (κ1) is 25.7. The number of aliphatic hydroxyl groups excluding tert-OH is 1. The summed E-state index contributed by atoms with van der Waals surface area (Å²) in [6.45, 7) is 11.6. The fourth-order valence-electron chi connectivity index (χ4n) is 8.82. The van der Waals surface area contributed by atoms with E-state index < -0.39 is 16.5 Å². The van der Waals surface area contributed by atoms with E-state index in [1.54, 1.807) is 0 Å². The molecule has 0 aromatic carbocycles. The third kappa shape index (κ3) is 4.83. The van der Waals surface area contributed by atoms with Gasteiger partial charge in [0.15, 0.2) is 0 Å². The molecular formula is C27H45O5S-. The Morgan fingerprint density at radius 1 is 1.09 bits per heavy atom. The highest BCUT2D eigenvalue weighted by molar-refractivity contribution is 7.80. The highest BCUT2D eigenvalue weighted by atomic mass is 32.3. The largest absolute Gasteiger partial charge is 0.726 e. The van der Waals surface area contributed by atoms with Crippen molar-refractivity contribution < 1.29 is 22.3 Å². The number of rotatable bonds is 7. The lowest BCUT2D eigenvalue weighted by Gasteiger charge is -2.58. The molecule has 1 N–H and O–H groups in total. The topological polar surface area (TPSA) is 86.7 Å². The van der Waals surface area contributed by atoms with Crippen LogP contribution in [-0.4, -0.2) is 30.3 Å².